The third-order valence-corrected chi connectivity index (χ3v) is 3.25. The molecule has 1 saturated carbocycles. The van der Waals surface area contributed by atoms with Crippen LogP contribution in [0.1, 0.15) is 30.1 Å². The molecule has 0 aromatic heterocycles. The Morgan fingerprint density at radius 2 is 2.22 bits per heavy atom. The zero-order valence-electron chi connectivity index (χ0n) is 9.97. The number of hydrogen-bond acceptors (Lipinski definition) is 4. The number of rotatable bonds is 5. The molecule has 1 aromatic carbocycles. The van der Waals surface area contributed by atoms with Crippen LogP contribution < -0.4 is 5.32 Å². The number of carbonyl (C=O) groups is 1. The quantitative estimate of drug-likeness (QED) is 0.618. The van der Waals surface area contributed by atoms with Crippen molar-refractivity contribution >= 4 is 17.3 Å². The van der Waals surface area contributed by atoms with E-state index in [1.807, 2.05) is 0 Å². The summed E-state index contributed by atoms with van der Waals surface area (Å²) in [5, 5.41) is 22.7. The minimum atomic E-state index is -1.09. The van der Waals surface area contributed by atoms with Gasteiger partial charge in [0.2, 0.25) is 0 Å². The standard InChI is InChI=1S/C12H14N2O4/c1-12(4-5-12)7-13-9-6-8(11(15)16)2-3-10(9)14(17)18/h2-3,6,13H,4-5,7H2,1H3,(H,15,16). The Hall–Kier alpha value is -2.11. The first kappa shape index (κ1) is 12.3. The zero-order valence-corrected chi connectivity index (χ0v) is 9.97. The molecule has 2 rings (SSSR count). The van der Waals surface area contributed by atoms with Gasteiger partial charge in [0.1, 0.15) is 5.69 Å². The van der Waals surface area contributed by atoms with Crippen LogP contribution in [0.5, 0.6) is 0 Å². The molecule has 0 radical (unpaired) electrons. The van der Waals surface area contributed by atoms with Crippen molar-refractivity contribution in [3.8, 4) is 0 Å². The number of carboxylic acids is 1. The van der Waals surface area contributed by atoms with Crippen molar-refractivity contribution in [1.29, 1.82) is 0 Å². The van der Waals surface area contributed by atoms with Gasteiger partial charge in [-0.15, -0.1) is 0 Å². The highest BCUT2D eigenvalue weighted by Gasteiger charge is 2.37. The molecule has 0 bridgehead atoms. The first-order valence-corrected chi connectivity index (χ1v) is 5.67. The molecule has 0 unspecified atom stereocenters. The van der Waals surface area contributed by atoms with Crippen molar-refractivity contribution in [2.75, 3.05) is 11.9 Å². The van der Waals surface area contributed by atoms with Crippen molar-refractivity contribution in [1.82, 2.24) is 0 Å². The Morgan fingerprint density at radius 3 is 2.72 bits per heavy atom. The van der Waals surface area contributed by atoms with Crippen molar-refractivity contribution in [2.45, 2.75) is 19.8 Å². The highest BCUT2D eigenvalue weighted by molar-refractivity contribution is 5.90. The Bertz CT molecular complexity index is 509. The molecule has 0 atom stereocenters. The molecule has 0 spiro atoms. The molecule has 1 aliphatic rings. The highest BCUT2D eigenvalue weighted by atomic mass is 16.6. The lowest BCUT2D eigenvalue weighted by molar-refractivity contribution is -0.384. The van der Waals surface area contributed by atoms with E-state index < -0.39 is 10.9 Å². The van der Waals surface area contributed by atoms with E-state index in [0.29, 0.717) is 6.54 Å². The fraction of sp³-hybridized carbons (Fsp3) is 0.417. The Morgan fingerprint density at radius 1 is 1.56 bits per heavy atom. The molecular formula is C12H14N2O4. The Kier molecular flexibility index (Phi) is 2.94. The first-order chi connectivity index (χ1) is 8.41. The van der Waals surface area contributed by atoms with Crippen molar-refractivity contribution < 1.29 is 14.8 Å². The van der Waals surface area contributed by atoms with E-state index >= 15 is 0 Å². The third-order valence-electron chi connectivity index (χ3n) is 3.25. The van der Waals surface area contributed by atoms with Gasteiger partial charge in [-0.2, -0.15) is 0 Å². The third kappa shape index (κ3) is 2.58. The molecule has 0 heterocycles. The minimum Gasteiger partial charge on any atom is -0.478 e. The molecule has 0 aliphatic heterocycles. The van der Waals surface area contributed by atoms with Crippen molar-refractivity contribution in [3.63, 3.8) is 0 Å². The van der Waals surface area contributed by atoms with Crippen LogP contribution >= 0.6 is 0 Å². The summed E-state index contributed by atoms with van der Waals surface area (Å²) in [6, 6.07) is 3.78. The van der Waals surface area contributed by atoms with Crippen LogP contribution in [-0.4, -0.2) is 22.5 Å². The molecule has 0 amide bonds. The van der Waals surface area contributed by atoms with Gasteiger partial charge in [-0.25, -0.2) is 4.79 Å². The number of hydrogen-bond donors (Lipinski definition) is 2. The van der Waals surface area contributed by atoms with Gasteiger partial charge in [0.25, 0.3) is 5.69 Å². The molecule has 2 N–H and O–H groups in total. The molecule has 0 saturated heterocycles. The molecule has 96 valence electrons. The summed E-state index contributed by atoms with van der Waals surface area (Å²) in [5.74, 6) is -1.09. The number of aromatic carboxylic acids is 1. The van der Waals surface area contributed by atoms with E-state index in [2.05, 4.69) is 12.2 Å². The van der Waals surface area contributed by atoms with E-state index in [-0.39, 0.29) is 22.4 Å². The second-order valence-corrected chi connectivity index (χ2v) is 4.96. The molecule has 1 aromatic rings. The van der Waals surface area contributed by atoms with Crippen LogP contribution in [-0.2, 0) is 0 Å². The monoisotopic (exact) mass is 250 g/mol. The summed E-state index contributed by atoms with van der Waals surface area (Å²) in [6.07, 6.45) is 2.18. The summed E-state index contributed by atoms with van der Waals surface area (Å²) in [4.78, 5) is 21.2. The summed E-state index contributed by atoms with van der Waals surface area (Å²) in [5.41, 5.74) is 0.411. The van der Waals surface area contributed by atoms with Crippen LogP contribution in [0.25, 0.3) is 0 Å². The summed E-state index contributed by atoms with van der Waals surface area (Å²) >= 11 is 0. The first-order valence-electron chi connectivity index (χ1n) is 5.67. The van der Waals surface area contributed by atoms with Gasteiger partial charge >= 0.3 is 5.97 Å². The average molecular weight is 250 g/mol. The van der Waals surface area contributed by atoms with Gasteiger partial charge in [-0.1, -0.05) is 6.92 Å². The number of nitro benzene ring substituents is 1. The van der Waals surface area contributed by atoms with Crippen LogP contribution in [0.2, 0.25) is 0 Å². The Balaban J connectivity index is 2.25. The van der Waals surface area contributed by atoms with Crippen LogP contribution in [0.15, 0.2) is 18.2 Å². The van der Waals surface area contributed by atoms with E-state index in [9.17, 15) is 14.9 Å². The van der Waals surface area contributed by atoms with Gasteiger partial charge in [0, 0.05) is 12.6 Å². The maximum Gasteiger partial charge on any atom is 0.335 e. The lowest BCUT2D eigenvalue weighted by Crippen LogP contribution is -2.13. The summed E-state index contributed by atoms with van der Waals surface area (Å²) in [7, 11) is 0. The van der Waals surface area contributed by atoms with Gasteiger partial charge in [0.05, 0.1) is 10.5 Å². The van der Waals surface area contributed by atoms with Crippen LogP contribution in [0.3, 0.4) is 0 Å². The predicted molar refractivity (Wildman–Crippen MR) is 65.9 cm³/mol. The smallest absolute Gasteiger partial charge is 0.335 e. The molecular weight excluding hydrogens is 236 g/mol. The zero-order chi connectivity index (χ0) is 13.3. The maximum absolute atomic E-state index is 10.9. The lowest BCUT2D eigenvalue weighted by Gasteiger charge is -2.12. The number of nitrogens with zero attached hydrogens (tertiary/aromatic N) is 1. The molecule has 6 nitrogen and oxygen atoms in total. The van der Waals surface area contributed by atoms with E-state index in [0.717, 1.165) is 12.8 Å². The number of carboxylic acid groups (broad SMARTS) is 1. The van der Waals surface area contributed by atoms with Crippen molar-refractivity contribution in [2.24, 2.45) is 5.41 Å². The molecule has 1 fully saturated rings. The number of nitro groups is 1. The topological polar surface area (TPSA) is 92.5 Å². The second-order valence-electron chi connectivity index (χ2n) is 4.96. The fourth-order valence-corrected chi connectivity index (χ4v) is 1.67. The van der Waals surface area contributed by atoms with Crippen molar-refractivity contribution in [3.05, 3.63) is 33.9 Å². The van der Waals surface area contributed by atoms with E-state index in [1.165, 1.54) is 18.2 Å². The van der Waals surface area contributed by atoms with Gasteiger partial charge in [-0.3, -0.25) is 10.1 Å². The normalized spacial score (nSPS) is 16.1. The van der Waals surface area contributed by atoms with E-state index in [4.69, 9.17) is 5.11 Å². The predicted octanol–water partition coefficient (Wildman–Crippen LogP) is 2.51. The fourth-order valence-electron chi connectivity index (χ4n) is 1.67. The largest absolute Gasteiger partial charge is 0.478 e. The van der Waals surface area contributed by atoms with Crippen LogP contribution in [0.4, 0.5) is 11.4 Å². The Labute approximate surface area is 104 Å². The van der Waals surface area contributed by atoms with E-state index in [1.54, 1.807) is 0 Å². The lowest BCUT2D eigenvalue weighted by atomic mass is 10.1. The molecule has 1 aliphatic carbocycles. The van der Waals surface area contributed by atoms with Crippen LogP contribution in [0, 0.1) is 15.5 Å². The summed E-state index contributed by atoms with van der Waals surface area (Å²) < 4.78 is 0. The number of anilines is 1. The second kappa shape index (κ2) is 4.29. The van der Waals surface area contributed by atoms with Gasteiger partial charge in [0.15, 0.2) is 0 Å². The van der Waals surface area contributed by atoms with Gasteiger partial charge < -0.3 is 10.4 Å². The molecule has 18 heavy (non-hydrogen) atoms. The molecule has 6 heteroatoms. The summed E-state index contributed by atoms with van der Waals surface area (Å²) in [6.45, 7) is 2.71. The minimum absolute atomic E-state index is 0.0454. The SMILES string of the molecule is CC1(CNc2cc(C(=O)O)ccc2[N+](=O)[O-])CC1. The average Bonchev–Trinajstić information content (AvgIpc) is 3.04. The van der Waals surface area contributed by atoms with Gasteiger partial charge in [-0.05, 0) is 30.4 Å². The number of benzene rings is 1. The maximum atomic E-state index is 10.9. The highest BCUT2D eigenvalue weighted by Crippen LogP contribution is 2.45. The number of nitrogens with one attached hydrogen (secondary N) is 1.